The number of aliphatic carboxylic acids is 1. The summed E-state index contributed by atoms with van der Waals surface area (Å²) in [5.74, 6) is -1.30. The first-order chi connectivity index (χ1) is 10.1. The molecule has 1 amide bonds. The van der Waals surface area contributed by atoms with Gasteiger partial charge in [-0.3, -0.25) is 9.59 Å². The fourth-order valence-electron chi connectivity index (χ4n) is 3.42. The lowest BCUT2D eigenvalue weighted by atomic mass is 9.96. The Morgan fingerprint density at radius 1 is 1.38 bits per heavy atom. The second kappa shape index (κ2) is 5.39. The number of fused-ring (bicyclic) bond motifs is 1. The molecule has 0 spiro atoms. The molecule has 5 heteroatoms. The summed E-state index contributed by atoms with van der Waals surface area (Å²) >= 11 is 0. The smallest absolute Gasteiger partial charge is 0.308 e. The van der Waals surface area contributed by atoms with E-state index in [9.17, 15) is 14.7 Å². The van der Waals surface area contributed by atoms with Crippen molar-refractivity contribution in [2.75, 3.05) is 18.4 Å². The molecular weight excluding hydrogens is 268 g/mol. The number of amides is 1. The van der Waals surface area contributed by atoms with Gasteiger partial charge in [-0.2, -0.15) is 0 Å². The molecule has 1 aromatic rings. The summed E-state index contributed by atoms with van der Waals surface area (Å²) in [5.41, 5.74) is 2.83. The van der Waals surface area contributed by atoms with E-state index in [0.29, 0.717) is 13.0 Å². The SMILES string of the molecule is CC1C(C(=O)O)CCN1C(=O)c1cccc2c1CCCN2. The summed E-state index contributed by atoms with van der Waals surface area (Å²) in [4.78, 5) is 25.7. The van der Waals surface area contributed by atoms with Gasteiger partial charge in [-0.25, -0.2) is 0 Å². The van der Waals surface area contributed by atoms with E-state index in [1.54, 1.807) is 4.90 Å². The van der Waals surface area contributed by atoms with Crippen molar-refractivity contribution < 1.29 is 14.7 Å². The third kappa shape index (κ3) is 2.37. The van der Waals surface area contributed by atoms with Crippen molar-refractivity contribution in [1.29, 1.82) is 0 Å². The van der Waals surface area contributed by atoms with Crippen LogP contribution in [0.1, 0.15) is 35.7 Å². The number of nitrogens with zero attached hydrogens (tertiary/aromatic N) is 1. The number of benzene rings is 1. The molecule has 1 aromatic carbocycles. The maximum Gasteiger partial charge on any atom is 0.308 e. The van der Waals surface area contributed by atoms with Crippen LogP contribution in [0.4, 0.5) is 5.69 Å². The number of carbonyl (C=O) groups is 2. The highest BCUT2D eigenvalue weighted by molar-refractivity contribution is 5.98. The topological polar surface area (TPSA) is 69.6 Å². The zero-order valence-electron chi connectivity index (χ0n) is 12.1. The Hall–Kier alpha value is -2.04. The second-order valence-electron chi connectivity index (χ2n) is 5.83. The summed E-state index contributed by atoms with van der Waals surface area (Å²) in [5, 5.41) is 12.5. The van der Waals surface area contributed by atoms with Crippen LogP contribution in [0.5, 0.6) is 0 Å². The number of carboxylic acid groups (broad SMARTS) is 1. The van der Waals surface area contributed by atoms with E-state index in [-0.39, 0.29) is 11.9 Å². The van der Waals surface area contributed by atoms with E-state index < -0.39 is 11.9 Å². The maximum absolute atomic E-state index is 12.8. The van der Waals surface area contributed by atoms with Gasteiger partial charge in [0.05, 0.1) is 5.92 Å². The van der Waals surface area contributed by atoms with Crippen LogP contribution in [-0.4, -0.2) is 41.0 Å². The highest BCUT2D eigenvalue weighted by atomic mass is 16.4. The molecule has 0 bridgehead atoms. The minimum absolute atomic E-state index is 0.0354. The average molecular weight is 288 g/mol. The number of carbonyl (C=O) groups excluding carboxylic acids is 1. The number of likely N-dealkylation sites (tertiary alicyclic amines) is 1. The van der Waals surface area contributed by atoms with Crippen LogP contribution < -0.4 is 5.32 Å². The third-order valence-corrected chi connectivity index (χ3v) is 4.66. The molecule has 2 aliphatic heterocycles. The van der Waals surface area contributed by atoms with Crippen molar-refractivity contribution >= 4 is 17.6 Å². The summed E-state index contributed by atoms with van der Waals surface area (Å²) in [7, 11) is 0. The lowest BCUT2D eigenvalue weighted by molar-refractivity contribution is -0.142. The molecule has 0 saturated carbocycles. The van der Waals surface area contributed by atoms with Crippen LogP contribution in [0.15, 0.2) is 18.2 Å². The zero-order valence-corrected chi connectivity index (χ0v) is 12.1. The molecule has 3 rings (SSSR count). The minimum atomic E-state index is -0.811. The van der Waals surface area contributed by atoms with Crippen molar-refractivity contribution in [1.82, 2.24) is 4.90 Å². The fraction of sp³-hybridized carbons (Fsp3) is 0.500. The molecular formula is C16H20N2O3. The van der Waals surface area contributed by atoms with Crippen LogP contribution in [0, 0.1) is 5.92 Å². The number of carboxylic acids is 1. The predicted molar refractivity (Wildman–Crippen MR) is 79.5 cm³/mol. The van der Waals surface area contributed by atoms with E-state index in [4.69, 9.17) is 0 Å². The Balaban J connectivity index is 1.88. The molecule has 1 saturated heterocycles. The van der Waals surface area contributed by atoms with Gasteiger partial charge in [-0.15, -0.1) is 0 Å². The van der Waals surface area contributed by atoms with Crippen LogP contribution in [0.2, 0.25) is 0 Å². The maximum atomic E-state index is 12.8. The minimum Gasteiger partial charge on any atom is -0.481 e. The number of anilines is 1. The Bertz CT molecular complexity index is 585. The molecule has 2 unspecified atom stereocenters. The van der Waals surface area contributed by atoms with Crippen molar-refractivity contribution in [2.45, 2.75) is 32.2 Å². The molecule has 2 N–H and O–H groups in total. The highest BCUT2D eigenvalue weighted by Crippen LogP contribution is 2.30. The molecule has 5 nitrogen and oxygen atoms in total. The molecule has 2 heterocycles. The number of hydrogen-bond donors (Lipinski definition) is 2. The van der Waals surface area contributed by atoms with Crippen LogP contribution in [-0.2, 0) is 11.2 Å². The Labute approximate surface area is 123 Å². The van der Waals surface area contributed by atoms with E-state index in [1.165, 1.54) is 0 Å². The summed E-state index contributed by atoms with van der Waals surface area (Å²) in [6, 6.07) is 5.50. The number of hydrogen-bond acceptors (Lipinski definition) is 3. The first-order valence-electron chi connectivity index (χ1n) is 7.49. The van der Waals surface area contributed by atoms with Crippen molar-refractivity contribution in [3.8, 4) is 0 Å². The van der Waals surface area contributed by atoms with Gasteiger partial charge in [0.25, 0.3) is 5.91 Å². The average Bonchev–Trinajstić information content (AvgIpc) is 2.88. The Morgan fingerprint density at radius 3 is 2.90 bits per heavy atom. The van der Waals surface area contributed by atoms with Gasteiger partial charge in [0.1, 0.15) is 0 Å². The van der Waals surface area contributed by atoms with E-state index in [2.05, 4.69) is 5.32 Å². The van der Waals surface area contributed by atoms with Gasteiger partial charge >= 0.3 is 5.97 Å². The molecule has 2 aliphatic rings. The van der Waals surface area contributed by atoms with Gasteiger partial charge in [0.2, 0.25) is 0 Å². The fourth-order valence-corrected chi connectivity index (χ4v) is 3.42. The van der Waals surface area contributed by atoms with Crippen molar-refractivity contribution in [3.63, 3.8) is 0 Å². The molecule has 0 aromatic heterocycles. The van der Waals surface area contributed by atoms with Crippen LogP contribution in [0.3, 0.4) is 0 Å². The lowest BCUT2D eigenvalue weighted by Gasteiger charge is -2.26. The Kier molecular flexibility index (Phi) is 3.57. The summed E-state index contributed by atoms with van der Waals surface area (Å²) in [6.07, 6.45) is 2.45. The lowest BCUT2D eigenvalue weighted by Crippen LogP contribution is -2.38. The highest BCUT2D eigenvalue weighted by Gasteiger charge is 2.39. The molecule has 21 heavy (non-hydrogen) atoms. The number of nitrogens with one attached hydrogen (secondary N) is 1. The molecule has 112 valence electrons. The largest absolute Gasteiger partial charge is 0.481 e. The van der Waals surface area contributed by atoms with E-state index in [0.717, 1.165) is 36.2 Å². The van der Waals surface area contributed by atoms with E-state index in [1.807, 2.05) is 25.1 Å². The van der Waals surface area contributed by atoms with Gasteiger partial charge in [0, 0.05) is 30.4 Å². The van der Waals surface area contributed by atoms with E-state index >= 15 is 0 Å². The zero-order chi connectivity index (χ0) is 15.0. The second-order valence-corrected chi connectivity index (χ2v) is 5.83. The Morgan fingerprint density at radius 2 is 2.19 bits per heavy atom. The molecule has 1 fully saturated rings. The third-order valence-electron chi connectivity index (χ3n) is 4.66. The van der Waals surface area contributed by atoms with Crippen molar-refractivity contribution in [2.24, 2.45) is 5.92 Å². The van der Waals surface area contributed by atoms with Gasteiger partial charge < -0.3 is 15.3 Å². The van der Waals surface area contributed by atoms with Crippen LogP contribution in [0.25, 0.3) is 0 Å². The first-order valence-corrected chi connectivity index (χ1v) is 7.49. The molecule has 2 atom stereocenters. The summed E-state index contributed by atoms with van der Waals surface area (Å²) < 4.78 is 0. The number of rotatable bonds is 2. The monoisotopic (exact) mass is 288 g/mol. The first kappa shape index (κ1) is 13.9. The predicted octanol–water partition coefficient (Wildman–Crippen LogP) is 1.98. The van der Waals surface area contributed by atoms with Gasteiger partial charge in [0.15, 0.2) is 0 Å². The normalized spacial score (nSPS) is 24.3. The molecule has 0 aliphatic carbocycles. The quantitative estimate of drug-likeness (QED) is 0.873. The van der Waals surface area contributed by atoms with Gasteiger partial charge in [-0.05, 0) is 43.9 Å². The van der Waals surface area contributed by atoms with Crippen molar-refractivity contribution in [3.05, 3.63) is 29.3 Å². The van der Waals surface area contributed by atoms with Gasteiger partial charge in [-0.1, -0.05) is 6.07 Å². The molecule has 0 radical (unpaired) electrons. The standard InChI is InChI=1S/C16H20N2O3/c1-10-11(16(20)21)7-9-18(10)15(19)13-4-2-6-14-12(13)5-3-8-17-14/h2,4,6,10-11,17H,3,5,7-9H2,1H3,(H,20,21). The summed E-state index contributed by atoms with van der Waals surface area (Å²) in [6.45, 7) is 3.29. The van der Waals surface area contributed by atoms with Crippen LogP contribution >= 0.6 is 0 Å².